The molecule has 0 N–H and O–H groups in total. The quantitative estimate of drug-likeness (QED) is 0.351. The van der Waals surface area contributed by atoms with Gasteiger partial charge in [0.2, 0.25) is 0 Å². The van der Waals surface area contributed by atoms with Crippen LogP contribution in [0.25, 0.3) is 11.8 Å². The maximum absolute atomic E-state index is 12.9. The molecule has 0 saturated carbocycles. The standard InChI is InChI=1S/C25H22Cl2N2O2S/c1-16-13-19(17(2)29(16)20-10-11-21(26)22(27)15-20)14-23-24(30)28(25(31)32-23)12-6-9-18-7-4-3-5-8-18/h3-5,7-8,10-11,13-15H,6,9,12H2,1-2H3/b23-14-. The average Bonchev–Trinajstić information content (AvgIpc) is 3.20. The largest absolute Gasteiger partial charge is 0.318 e. The van der Waals surface area contributed by atoms with E-state index in [1.807, 2.05) is 50.2 Å². The Hall–Kier alpha value is -2.47. The fourth-order valence-corrected chi connectivity index (χ4v) is 5.02. The first-order valence-corrected chi connectivity index (χ1v) is 11.9. The van der Waals surface area contributed by atoms with E-state index in [0.717, 1.165) is 47.2 Å². The Morgan fingerprint density at radius 2 is 1.72 bits per heavy atom. The van der Waals surface area contributed by atoms with Gasteiger partial charge in [0.1, 0.15) is 0 Å². The van der Waals surface area contributed by atoms with E-state index in [1.54, 1.807) is 12.1 Å². The lowest BCUT2D eigenvalue weighted by molar-refractivity contribution is -0.122. The number of imide groups is 1. The minimum Gasteiger partial charge on any atom is -0.318 e. The summed E-state index contributed by atoms with van der Waals surface area (Å²) in [6, 6.07) is 17.5. The maximum atomic E-state index is 12.9. The van der Waals surface area contributed by atoms with E-state index >= 15 is 0 Å². The normalized spacial score (nSPS) is 15.2. The summed E-state index contributed by atoms with van der Waals surface area (Å²) in [5, 5.41) is 0.765. The smallest absolute Gasteiger partial charge is 0.293 e. The van der Waals surface area contributed by atoms with Gasteiger partial charge in [-0.3, -0.25) is 14.5 Å². The third-order valence-electron chi connectivity index (χ3n) is 5.48. The highest BCUT2D eigenvalue weighted by molar-refractivity contribution is 8.18. The third kappa shape index (κ3) is 4.65. The van der Waals surface area contributed by atoms with Gasteiger partial charge in [0.25, 0.3) is 11.1 Å². The Morgan fingerprint density at radius 3 is 2.44 bits per heavy atom. The molecular weight excluding hydrogens is 463 g/mol. The van der Waals surface area contributed by atoms with Crippen molar-refractivity contribution in [3.8, 4) is 5.69 Å². The van der Waals surface area contributed by atoms with E-state index < -0.39 is 0 Å². The molecule has 32 heavy (non-hydrogen) atoms. The molecule has 0 atom stereocenters. The summed E-state index contributed by atoms with van der Waals surface area (Å²) in [4.78, 5) is 27.2. The molecule has 0 spiro atoms. The van der Waals surface area contributed by atoms with Gasteiger partial charge in [0.05, 0.1) is 15.0 Å². The number of aryl methyl sites for hydroxylation is 2. The van der Waals surface area contributed by atoms with Crippen molar-refractivity contribution >= 4 is 52.2 Å². The van der Waals surface area contributed by atoms with Gasteiger partial charge in [-0.2, -0.15) is 0 Å². The van der Waals surface area contributed by atoms with E-state index in [2.05, 4.69) is 16.7 Å². The maximum Gasteiger partial charge on any atom is 0.293 e. The van der Waals surface area contributed by atoms with Crippen LogP contribution in [0.2, 0.25) is 10.0 Å². The number of thioether (sulfide) groups is 1. The highest BCUT2D eigenvalue weighted by atomic mass is 35.5. The SMILES string of the molecule is Cc1cc(/C=C2\SC(=O)N(CCCc3ccccc3)C2=O)c(C)n1-c1ccc(Cl)c(Cl)c1. The number of nitrogens with zero attached hydrogens (tertiary/aromatic N) is 2. The molecule has 4 nitrogen and oxygen atoms in total. The van der Waals surface area contributed by atoms with E-state index in [9.17, 15) is 9.59 Å². The van der Waals surface area contributed by atoms with Crippen molar-refractivity contribution in [2.24, 2.45) is 0 Å². The van der Waals surface area contributed by atoms with Gasteiger partial charge in [-0.1, -0.05) is 53.5 Å². The Morgan fingerprint density at radius 1 is 0.969 bits per heavy atom. The number of carbonyl (C=O) groups is 2. The third-order valence-corrected chi connectivity index (χ3v) is 7.13. The Labute approximate surface area is 201 Å². The van der Waals surface area contributed by atoms with Crippen molar-refractivity contribution in [1.29, 1.82) is 0 Å². The topological polar surface area (TPSA) is 42.3 Å². The monoisotopic (exact) mass is 484 g/mol. The van der Waals surface area contributed by atoms with Crippen LogP contribution in [0.4, 0.5) is 4.79 Å². The number of amides is 2. The lowest BCUT2D eigenvalue weighted by Crippen LogP contribution is -2.29. The van der Waals surface area contributed by atoms with Gasteiger partial charge in [0.15, 0.2) is 0 Å². The van der Waals surface area contributed by atoms with Crippen LogP contribution in [0.3, 0.4) is 0 Å². The minimum atomic E-state index is -0.229. The molecule has 1 saturated heterocycles. The van der Waals surface area contributed by atoms with E-state index in [4.69, 9.17) is 23.2 Å². The van der Waals surface area contributed by atoms with Crippen LogP contribution in [0.5, 0.6) is 0 Å². The lowest BCUT2D eigenvalue weighted by atomic mass is 10.1. The molecule has 1 aromatic heterocycles. The summed E-state index contributed by atoms with van der Waals surface area (Å²) in [5.41, 5.74) is 4.93. The lowest BCUT2D eigenvalue weighted by Gasteiger charge is -2.12. The van der Waals surface area contributed by atoms with Crippen molar-refractivity contribution in [2.75, 3.05) is 6.54 Å². The first-order chi connectivity index (χ1) is 15.3. The van der Waals surface area contributed by atoms with Crippen LogP contribution in [0.1, 0.15) is 28.9 Å². The van der Waals surface area contributed by atoms with Gasteiger partial charge in [-0.25, -0.2) is 0 Å². The molecule has 3 aromatic rings. The molecular formula is C25H22Cl2N2O2S. The molecule has 2 amide bonds. The van der Waals surface area contributed by atoms with Gasteiger partial charge in [0, 0.05) is 23.6 Å². The molecule has 0 radical (unpaired) electrons. The average molecular weight is 485 g/mol. The number of hydrogen-bond donors (Lipinski definition) is 0. The highest BCUT2D eigenvalue weighted by Crippen LogP contribution is 2.34. The van der Waals surface area contributed by atoms with Gasteiger partial charge in [-0.05, 0) is 79.9 Å². The minimum absolute atomic E-state index is 0.215. The van der Waals surface area contributed by atoms with E-state index in [1.165, 1.54) is 10.5 Å². The van der Waals surface area contributed by atoms with E-state index in [-0.39, 0.29) is 11.1 Å². The molecule has 4 rings (SSSR count). The highest BCUT2D eigenvalue weighted by Gasteiger charge is 2.34. The Bertz CT molecular complexity index is 1220. The summed E-state index contributed by atoms with van der Waals surface area (Å²) in [7, 11) is 0. The van der Waals surface area contributed by atoms with Crippen LogP contribution in [0, 0.1) is 13.8 Å². The van der Waals surface area contributed by atoms with Crippen LogP contribution in [-0.2, 0) is 11.2 Å². The molecule has 2 aromatic carbocycles. The predicted octanol–water partition coefficient (Wildman–Crippen LogP) is 7.07. The number of carbonyl (C=O) groups excluding carboxylic acids is 2. The van der Waals surface area contributed by atoms with Crippen molar-refractivity contribution in [1.82, 2.24) is 9.47 Å². The van der Waals surface area contributed by atoms with Crippen molar-refractivity contribution in [3.63, 3.8) is 0 Å². The van der Waals surface area contributed by atoms with Gasteiger partial charge >= 0.3 is 0 Å². The summed E-state index contributed by atoms with van der Waals surface area (Å²) >= 11 is 13.2. The molecule has 0 bridgehead atoms. The molecule has 1 aliphatic heterocycles. The van der Waals surface area contributed by atoms with Crippen LogP contribution in [0.15, 0.2) is 59.5 Å². The second-order valence-corrected chi connectivity index (χ2v) is 9.49. The van der Waals surface area contributed by atoms with E-state index in [0.29, 0.717) is 21.5 Å². The number of hydrogen-bond acceptors (Lipinski definition) is 3. The zero-order valence-corrected chi connectivity index (χ0v) is 20.1. The number of aromatic nitrogens is 1. The second kappa shape index (κ2) is 9.57. The molecule has 164 valence electrons. The second-order valence-electron chi connectivity index (χ2n) is 7.68. The zero-order chi connectivity index (χ0) is 22.8. The Kier molecular flexibility index (Phi) is 6.79. The van der Waals surface area contributed by atoms with Crippen molar-refractivity contribution in [2.45, 2.75) is 26.7 Å². The van der Waals surface area contributed by atoms with Crippen molar-refractivity contribution < 1.29 is 9.59 Å². The molecule has 0 unspecified atom stereocenters. The van der Waals surface area contributed by atoms with Gasteiger partial charge < -0.3 is 4.57 Å². The fourth-order valence-electron chi connectivity index (χ4n) is 3.88. The molecule has 0 aliphatic carbocycles. The predicted molar refractivity (Wildman–Crippen MR) is 133 cm³/mol. The summed E-state index contributed by atoms with van der Waals surface area (Å²) < 4.78 is 2.05. The first-order valence-electron chi connectivity index (χ1n) is 10.3. The molecule has 1 aliphatic rings. The van der Waals surface area contributed by atoms with Crippen LogP contribution >= 0.6 is 35.0 Å². The Balaban J connectivity index is 1.52. The molecule has 1 fully saturated rings. The number of benzene rings is 2. The number of rotatable bonds is 6. The summed E-state index contributed by atoms with van der Waals surface area (Å²) in [6.07, 6.45) is 3.37. The van der Waals surface area contributed by atoms with Crippen molar-refractivity contribution in [3.05, 3.63) is 92.1 Å². The zero-order valence-electron chi connectivity index (χ0n) is 17.8. The molecule has 7 heteroatoms. The molecule has 2 heterocycles. The number of halogens is 2. The van der Waals surface area contributed by atoms with Crippen LogP contribution < -0.4 is 0 Å². The van der Waals surface area contributed by atoms with Crippen LogP contribution in [-0.4, -0.2) is 27.2 Å². The first kappa shape index (κ1) is 22.7. The fraction of sp³-hybridized carbons (Fsp3) is 0.200. The van der Waals surface area contributed by atoms with Gasteiger partial charge in [-0.15, -0.1) is 0 Å². The summed E-state index contributed by atoms with van der Waals surface area (Å²) in [5.74, 6) is -0.229. The summed E-state index contributed by atoms with van der Waals surface area (Å²) in [6.45, 7) is 4.38.